The van der Waals surface area contributed by atoms with Crippen LogP contribution in [0.4, 0.5) is 0 Å². The van der Waals surface area contributed by atoms with Crippen LogP contribution in [0.3, 0.4) is 0 Å². The average molecular weight is 211 g/mol. The molecule has 0 radical (unpaired) electrons. The highest BCUT2D eigenvalue weighted by Crippen LogP contribution is 2.07. The third-order valence-electron chi connectivity index (χ3n) is 1.88. The Labute approximate surface area is 89.4 Å². The van der Waals surface area contributed by atoms with Crippen LogP contribution in [0.5, 0.6) is 5.75 Å². The van der Waals surface area contributed by atoms with E-state index in [1.54, 1.807) is 17.1 Å². The summed E-state index contributed by atoms with van der Waals surface area (Å²) in [6.45, 7) is 5.54. The van der Waals surface area contributed by atoms with Crippen LogP contribution >= 0.6 is 0 Å². The fraction of sp³-hybridized carbons (Fsp3) is 0.600. The van der Waals surface area contributed by atoms with E-state index < -0.39 is 0 Å². The minimum Gasteiger partial charge on any atom is -0.480 e. The molecule has 1 N–H and O–H groups in total. The summed E-state index contributed by atoms with van der Waals surface area (Å²) >= 11 is 0. The van der Waals surface area contributed by atoms with Crippen molar-refractivity contribution in [2.75, 3.05) is 13.2 Å². The lowest BCUT2D eigenvalue weighted by atomic mass is 10.5. The van der Waals surface area contributed by atoms with Crippen molar-refractivity contribution >= 4 is 5.91 Å². The number of nitrogens with one attached hydrogen (secondary N) is 1. The average Bonchev–Trinajstić information content (AvgIpc) is 2.71. The molecule has 1 rings (SSSR count). The fourth-order valence-corrected chi connectivity index (χ4v) is 1.06. The molecule has 5 nitrogen and oxygen atoms in total. The van der Waals surface area contributed by atoms with Crippen molar-refractivity contribution in [3.8, 4) is 5.75 Å². The number of nitrogens with zero attached hydrogens (tertiary/aromatic N) is 2. The van der Waals surface area contributed by atoms with Crippen LogP contribution in [0.25, 0.3) is 0 Å². The highest BCUT2D eigenvalue weighted by atomic mass is 16.5. The van der Waals surface area contributed by atoms with Gasteiger partial charge in [-0.05, 0) is 13.3 Å². The second-order valence-electron chi connectivity index (χ2n) is 3.17. The fourth-order valence-electron chi connectivity index (χ4n) is 1.06. The molecule has 0 aliphatic rings. The number of carbonyl (C=O) groups excluding carboxylic acids is 1. The van der Waals surface area contributed by atoms with Gasteiger partial charge in [0, 0.05) is 13.1 Å². The zero-order chi connectivity index (χ0) is 11.1. The van der Waals surface area contributed by atoms with Crippen LogP contribution in [0.1, 0.15) is 20.3 Å². The molecule has 0 bridgehead atoms. The molecule has 0 spiro atoms. The van der Waals surface area contributed by atoms with Gasteiger partial charge in [-0.1, -0.05) is 6.92 Å². The molecule has 1 aromatic heterocycles. The van der Waals surface area contributed by atoms with Gasteiger partial charge in [-0.3, -0.25) is 9.48 Å². The molecule has 0 aliphatic heterocycles. The Morgan fingerprint density at radius 1 is 1.60 bits per heavy atom. The number of carbonyl (C=O) groups is 1. The van der Waals surface area contributed by atoms with E-state index in [0.717, 1.165) is 13.0 Å². The highest BCUT2D eigenvalue weighted by molar-refractivity contribution is 5.77. The monoisotopic (exact) mass is 211 g/mol. The lowest BCUT2D eigenvalue weighted by Gasteiger charge is -2.03. The first-order valence-electron chi connectivity index (χ1n) is 5.18. The van der Waals surface area contributed by atoms with Crippen LogP contribution in [0, 0.1) is 0 Å². The van der Waals surface area contributed by atoms with Gasteiger partial charge in [0.25, 0.3) is 5.91 Å². The summed E-state index contributed by atoms with van der Waals surface area (Å²) in [4.78, 5) is 11.2. The summed E-state index contributed by atoms with van der Waals surface area (Å²) in [7, 11) is 0. The molecule has 0 unspecified atom stereocenters. The van der Waals surface area contributed by atoms with E-state index in [4.69, 9.17) is 4.74 Å². The van der Waals surface area contributed by atoms with Gasteiger partial charge >= 0.3 is 0 Å². The maximum Gasteiger partial charge on any atom is 0.257 e. The van der Waals surface area contributed by atoms with Gasteiger partial charge in [0.1, 0.15) is 0 Å². The predicted octanol–water partition coefficient (Wildman–Crippen LogP) is 0.808. The van der Waals surface area contributed by atoms with E-state index in [1.165, 1.54) is 0 Å². The van der Waals surface area contributed by atoms with Crippen molar-refractivity contribution < 1.29 is 9.53 Å². The van der Waals surface area contributed by atoms with Crippen LogP contribution in [-0.4, -0.2) is 28.8 Å². The number of hydrogen-bond acceptors (Lipinski definition) is 3. The van der Waals surface area contributed by atoms with Gasteiger partial charge in [-0.2, -0.15) is 5.10 Å². The summed E-state index contributed by atoms with van der Waals surface area (Å²) in [5.74, 6) is 0.532. The van der Waals surface area contributed by atoms with Gasteiger partial charge in [0.15, 0.2) is 12.4 Å². The smallest absolute Gasteiger partial charge is 0.257 e. The number of rotatable bonds is 6. The van der Waals surface area contributed by atoms with Crippen molar-refractivity contribution in [2.45, 2.75) is 26.8 Å². The largest absolute Gasteiger partial charge is 0.480 e. The van der Waals surface area contributed by atoms with Crippen LogP contribution < -0.4 is 10.1 Å². The van der Waals surface area contributed by atoms with Gasteiger partial charge in [0.2, 0.25) is 0 Å². The Bertz CT molecular complexity index is 309. The number of hydrogen-bond donors (Lipinski definition) is 1. The molecule has 5 heteroatoms. The topological polar surface area (TPSA) is 56.1 Å². The second-order valence-corrected chi connectivity index (χ2v) is 3.17. The Morgan fingerprint density at radius 3 is 3.00 bits per heavy atom. The number of amides is 1. The molecular weight excluding hydrogens is 194 g/mol. The zero-order valence-corrected chi connectivity index (χ0v) is 9.19. The van der Waals surface area contributed by atoms with Gasteiger partial charge in [-0.25, -0.2) is 0 Å². The van der Waals surface area contributed by atoms with Crippen LogP contribution in [-0.2, 0) is 11.3 Å². The van der Waals surface area contributed by atoms with Gasteiger partial charge in [-0.15, -0.1) is 0 Å². The number of aromatic nitrogens is 2. The maximum atomic E-state index is 11.2. The molecule has 0 fully saturated rings. The summed E-state index contributed by atoms with van der Waals surface area (Å²) in [6, 6.07) is 0. The van der Waals surface area contributed by atoms with E-state index in [-0.39, 0.29) is 12.5 Å². The molecule has 0 atom stereocenters. The molecule has 1 amide bonds. The molecule has 1 aromatic rings. The third kappa shape index (κ3) is 4.01. The van der Waals surface area contributed by atoms with Crippen molar-refractivity contribution in [1.29, 1.82) is 0 Å². The van der Waals surface area contributed by atoms with E-state index in [9.17, 15) is 4.79 Å². The van der Waals surface area contributed by atoms with Gasteiger partial charge in [0.05, 0.1) is 12.4 Å². The SMILES string of the molecule is CCCNC(=O)COc1cnn(CC)c1. The van der Waals surface area contributed by atoms with E-state index in [2.05, 4.69) is 10.4 Å². The predicted molar refractivity (Wildman–Crippen MR) is 56.7 cm³/mol. The standard InChI is InChI=1S/C10H17N3O2/c1-3-5-11-10(14)8-15-9-6-12-13(4-2)7-9/h6-7H,3-5,8H2,1-2H3,(H,11,14). The Balaban J connectivity index is 2.27. The molecular formula is C10H17N3O2. The first-order chi connectivity index (χ1) is 7.26. The lowest BCUT2D eigenvalue weighted by molar-refractivity contribution is -0.123. The molecule has 0 aliphatic carbocycles. The normalized spacial score (nSPS) is 10.0. The first kappa shape index (κ1) is 11.6. The van der Waals surface area contributed by atoms with Gasteiger partial charge < -0.3 is 10.1 Å². The van der Waals surface area contributed by atoms with Crippen molar-refractivity contribution in [2.24, 2.45) is 0 Å². The summed E-state index contributed by atoms with van der Waals surface area (Å²) in [6.07, 6.45) is 4.31. The lowest BCUT2D eigenvalue weighted by Crippen LogP contribution is -2.29. The van der Waals surface area contributed by atoms with Crippen molar-refractivity contribution in [3.63, 3.8) is 0 Å². The van der Waals surface area contributed by atoms with E-state index in [1.807, 2.05) is 13.8 Å². The molecule has 84 valence electrons. The summed E-state index contributed by atoms with van der Waals surface area (Å²) in [5.41, 5.74) is 0. The summed E-state index contributed by atoms with van der Waals surface area (Å²) in [5, 5.41) is 6.77. The van der Waals surface area contributed by atoms with Crippen LogP contribution in [0.2, 0.25) is 0 Å². The minimum atomic E-state index is -0.0962. The Hall–Kier alpha value is -1.52. The van der Waals surface area contributed by atoms with Crippen LogP contribution in [0.15, 0.2) is 12.4 Å². The molecule has 1 heterocycles. The Kier molecular flexibility index (Phi) is 4.66. The zero-order valence-electron chi connectivity index (χ0n) is 9.19. The first-order valence-corrected chi connectivity index (χ1v) is 5.18. The van der Waals surface area contributed by atoms with Crippen molar-refractivity contribution in [3.05, 3.63) is 12.4 Å². The second kappa shape index (κ2) is 6.06. The van der Waals surface area contributed by atoms with E-state index in [0.29, 0.717) is 12.3 Å². The minimum absolute atomic E-state index is 0.0510. The number of ether oxygens (including phenoxy) is 1. The molecule has 0 saturated heterocycles. The summed E-state index contributed by atoms with van der Waals surface area (Å²) < 4.78 is 7.00. The maximum absolute atomic E-state index is 11.2. The number of aryl methyl sites for hydroxylation is 1. The molecule has 0 saturated carbocycles. The molecule has 0 aromatic carbocycles. The quantitative estimate of drug-likeness (QED) is 0.757. The highest BCUT2D eigenvalue weighted by Gasteiger charge is 2.02. The third-order valence-corrected chi connectivity index (χ3v) is 1.88. The molecule has 15 heavy (non-hydrogen) atoms. The van der Waals surface area contributed by atoms with Crippen molar-refractivity contribution in [1.82, 2.24) is 15.1 Å². The van der Waals surface area contributed by atoms with E-state index >= 15 is 0 Å². The Morgan fingerprint density at radius 2 is 2.40 bits per heavy atom.